The van der Waals surface area contributed by atoms with Gasteiger partial charge in [0, 0.05) is 0 Å². The largest absolute Gasteiger partial charge is 0.467 e. The van der Waals surface area contributed by atoms with Gasteiger partial charge in [-0.1, -0.05) is 48.5 Å². The summed E-state index contributed by atoms with van der Waals surface area (Å²) in [6.45, 7) is 0.559. The van der Waals surface area contributed by atoms with Crippen LogP contribution in [0.15, 0.2) is 77.4 Å². The minimum Gasteiger partial charge on any atom is -0.467 e. The maximum Gasteiger partial charge on any atom is 0.240 e. The van der Waals surface area contributed by atoms with Crippen molar-refractivity contribution in [1.29, 1.82) is 0 Å². The lowest BCUT2D eigenvalue weighted by atomic mass is 10.2. The van der Waals surface area contributed by atoms with Crippen LogP contribution in [-0.2, 0) is 17.9 Å². The van der Waals surface area contributed by atoms with E-state index in [-0.39, 0.29) is 12.5 Å². The van der Waals surface area contributed by atoms with E-state index in [0.29, 0.717) is 6.54 Å². The molecule has 4 rings (SSSR count). The minimum absolute atomic E-state index is 0.0936. The van der Waals surface area contributed by atoms with Gasteiger partial charge >= 0.3 is 0 Å². The maximum absolute atomic E-state index is 12.5. The molecule has 134 valence electrons. The van der Waals surface area contributed by atoms with Crippen LogP contribution in [-0.4, -0.2) is 15.5 Å². The number of fused-ring (bicyclic) bond motifs is 1. The predicted molar refractivity (Wildman–Crippen MR) is 106 cm³/mol. The van der Waals surface area contributed by atoms with Gasteiger partial charge in [0.25, 0.3) is 0 Å². The molecule has 0 spiro atoms. The van der Waals surface area contributed by atoms with Crippen LogP contribution in [0.1, 0.15) is 17.1 Å². The number of carbonyl (C=O) groups excluding carboxylic acids is 1. The molecule has 4 aromatic rings. The molecule has 1 amide bonds. The Morgan fingerprint density at radius 3 is 2.63 bits per heavy atom. The van der Waals surface area contributed by atoms with Gasteiger partial charge in [-0.3, -0.25) is 4.79 Å². The first-order chi connectivity index (χ1) is 13.3. The maximum atomic E-state index is 12.5. The fraction of sp³-hybridized carbons (Fsp3) is 0.0909. The Balaban J connectivity index is 1.58. The van der Waals surface area contributed by atoms with Gasteiger partial charge in [-0.25, -0.2) is 4.98 Å². The van der Waals surface area contributed by atoms with Crippen LogP contribution in [0.3, 0.4) is 0 Å². The number of rotatable bonds is 6. The smallest absolute Gasteiger partial charge is 0.240 e. The topological polar surface area (TPSA) is 60.1 Å². The molecule has 0 atom stereocenters. The second-order valence-corrected chi connectivity index (χ2v) is 6.14. The molecule has 0 aliphatic rings. The minimum atomic E-state index is -0.0936. The molecule has 2 aromatic carbocycles. The summed E-state index contributed by atoms with van der Waals surface area (Å²) in [5, 5.41) is 2.88. The molecule has 2 aromatic heterocycles. The van der Waals surface area contributed by atoms with Crippen LogP contribution in [0.2, 0.25) is 0 Å². The molecular formula is C22H19N3O2. The number of imidazole rings is 1. The first-order valence-electron chi connectivity index (χ1n) is 8.77. The van der Waals surface area contributed by atoms with Gasteiger partial charge in [0.2, 0.25) is 5.91 Å². The summed E-state index contributed by atoms with van der Waals surface area (Å²) in [6.07, 6.45) is 5.53. The van der Waals surface area contributed by atoms with E-state index in [1.807, 2.05) is 77.4 Å². The van der Waals surface area contributed by atoms with Gasteiger partial charge in [0.15, 0.2) is 0 Å². The first-order valence-corrected chi connectivity index (χ1v) is 8.77. The number of nitrogens with one attached hydrogen (secondary N) is 1. The van der Waals surface area contributed by atoms with Gasteiger partial charge in [-0.15, -0.1) is 0 Å². The monoisotopic (exact) mass is 357 g/mol. The van der Waals surface area contributed by atoms with E-state index in [1.54, 1.807) is 12.3 Å². The van der Waals surface area contributed by atoms with E-state index in [1.165, 1.54) is 0 Å². The summed E-state index contributed by atoms with van der Waals surface area (Å²) in [6, 6.07) is 21.5. The van der Waals surface area contributed by atoms with Gasteiger partial charge < -0.3 is 14.3 Å². The average Bonchev–Trinajstić information content (AvgIpc) is 3.34. The summed E-state index contributed by atoms with van der Waals surface area (Å²) in [7, 11) is 0. The summed E-state index contributed by atoms with van der Waals surface area (Å²) >= 11 is 0. The standard InChI is InChI=1S/C22H19N3O2/c26-22(23-15-18-9-6-14-27-18)16-25-20-11-5-4-10-19(20)24-21(25)13-12-17-7-2-1-3-8-17/h1-14H,15-16H2,(H,23,26). The predicted octanol–water partition coefficient (Wildman–Crippen LogP) is 4.12. The van der Waals surface area contributed by atoms with Crippen molar-refractivity contribution in [3.8, 4) is 0 Å². The summed E-state index contributed by atoms with van der Waals surface area (Å²) in [5.74, 6) is 1.38. The third-order valence-electron chi connectivity index (χ3n) is 4.25. The lowest BCUT2D eigenvalue weighted by molar-refractivity contribution is -0.121. The number of hydrogen-bond acceptors (Lipinski definition) is 3. The Morgan fingerprint density at radius 1 is 1.00 bits per heavy atom. The Hall–Kier alpha value is -3.60. The second kappa shape index (κ2) is 7.74. The molecule has 0 aliphatic carbocycles. The zero-order valence-corrected chi connectivity index (χ0v) is 14.7. The molecule has 0 saturated carbocycles. The molecular weight excluding hydrogens is 338 g/mol. The zero-order valence-electron chi connectivity index (χ0n) is 14.7. The van der Waals surface area contributed by atoms with Crippen molar-refractivity contribution < 1.29 is 9.21 Å². The van der Waals surface area contributed by atoms with Crippen molar-refractivity contribution >= 4 is 29.1 Å². The van der Waals surface area contributed by atoms with Crippen LogP contribution >= 0.6 is 0 Å². The number of hydrogen-bond donors (Lipinski definition) is 1. The van der Waals surface area contributed by atoms with Crippen molar-refractivity contribution in [2.24, 2.45) is 0 Å². The quantitative estimate of drug-likeness (QED) is 0.565. The number of amides is 1. The van der Waals surface area contributed by atoms with Gasteiger partial charge in [-0.05, 0) is 35.9 Å². The van der Waals surface area contributed by atoms with Crippen LogP contribution in [0, 0.1) is 0 Å². The molecule has 5 nitrogen and oxygen atoms in total. The Bertz CT molecular complexity index is 1060. The van der Waals surface area contributed by atoms with E-state index in [2.05, 4.69) is 10.3 Å². The molecule has 0 bridgehead atoms. The summed E-state index contributed by atoms with van der Waals surface area (Å²) < 4.78 is 7.18. The SMILES string of the molecule is O=C(Cn1c(C=Cc2ccccc2)nc2ccccc21)NCc1ccco1. The summed E-state index contributed by atoms with van der Waals surface area (Å²) in [5.41, 5.74) is 2.88. The molecule has 27 heavy (non-hydrogen) atoms. The van der Waals surface area contributed by atoms with Gasteiger partial charge in [0.1, 0.15) is 18.1 Å². The van der Waals surface area contributed by atoms with Gasteiger partial charge in [0.05, 0.1) is 23.8 Å². The first kappa shape index (κ1) is 16.8. The highest BCUT2D eigenvalue weighted by molar-refractivity contribution is 5.83. The van der Waals surface area contributed by atoms with Crippen molar-refractivity contribution in [2.75, 3.05) is 0 Å². The molecule has 0 radical (unpaired) electrons. The van der Waals surface area contributed by atoms with Crippen LogP contribution in [0.25, 0.3) is 23.2 Å². The highest BCUT2D eigenvalue weighted by atomic mass is 16.3. The Kier molecular flexibility index (Phi) is 4.83. The number of furan rings is 1. The zero-order chi connectivity index (χ0) is 18.5. The number of carbonyl (C=O) groups is 1. The van der Waals surface area contributed by atoms with E-state index in [0.717, 1.165) is 28.2 Å². The third-order valence-corrected chi connectivity index (χ3v) is 4.25. The Labute approximate surface area is 157 Å². The van der Waals surface area contributed by atoms with E-state index >= 15 is 0 Å². The molecule has 0 fully saturated rings. The number of aromatic nitrogens is 2. The highest BCUT2D eigenvalue weighted by Crippen LogP contribution is 2.18. The molecule has 0 saturated heterocycles. The van der Waals surface area contributed by atoms with Crippen molar-refractivity contribution in [3.05, 3.63) is 90.1 Å². The van der Waals surface area contributed by atoms with E-state index in [4.69, 9.17) is 4.42 Å². The highest BCUT2D eigenvalue weighted by Gasteiger charge is 2.12. The molecule has 1 N–H and O–H groups in total. The molecule has 0 unspecified atom stereocenters. The van der Waals surface area contributed by atoms with Crippen molar-refractivity contribution in [1.82, 2.24) is 14.9 Å². The number of para-hydroxylation sites is 2. The third kappa shape index (κ3) is 3.98. The van der Waals surface area contributed by atoms with E-state index in [9.17, 15) is 4.79 Å². The fourth-order valence-electron chi connectivity index (χ4n) is 2.92. The average molecular weight is 357 g/mol. The number of benzene rings is 2. The Morgan fingerprint density at radius 2 is 1.81 bits per heavy atom. The fourth-order valence-corrected chi connectivity index (χ4v) is 2.92. The lowest BCUT2D eigenvalue weighted by Crippen LogP contribution is -2.27. The lowest BCUT2D eigenvalue weighted by Gasteiger charge is -2.08. The van der Waals surface area contributed by atoms with Crippen LogP contribution in [0.5, 0.6) is 0 Å². The van der Waals surface area contributed by atoms with Crippen LogP contribution < -0.4 is 5.32 Å². The normalized spacial score (nSPS) is 11.3. The molecule has 2 heterocycles. The molecule has 5 heteroatoms. The van der Waals surface area contributed by atoms with Crippen molar-refractivity contribution in [2.45, 2.75) is 13.1 Å². The molecule has 0 aliphatic heterocycles. The second-order valence-electron chi connectivity index (χ2n) is 6.14. The van der Waals surface area contributed by atoms with E-state index < -0.39 is 0 Å². The summed E-state index contributed by atoms with van der Waals surface area (Å²) in [4.78, 5) is 17.1. The van der Waals surface area contributed by atoms with Crippen LogP contribution in [0.4, 0.5) is 0 Å². The number of nitrogens with zero attached hydrogens (tertiary/aromatic N) is 2. The van der Waals surface area contributed by atoms with Gasteiger partial charge in [-0.2, -0.15) is 0 Å². The van der Waals surface area contributed by atoms with Crippen molar-refractivity contribution in [3.63, 3.8) is 0 Å².